The van der Waals surface area contributed by atoms with Crippen LogP contribution in [0, 0.1) is 0 Å². The minimum absolute atomic E-state index is 0.258. The van der Waals surface area contributed by atoms with E-state index in [1.54, 1.807) is 0 Å². The highest BCUT2D eigenvalue weighted by molar-refractivity contribution is 6.44. The van der Waals surface area contributed by atoms with Crippen molar-refractivity contribution < 1.29 is 0 Å². The van der Waals surface area contributed by atoms with Crippen molar-refractivity contribution in [3.63, 3.8) is 0 Å². The van der Waals surface area contributed by atoms with Gasteiger partial charge < -0.3 is 9.80 Å². The molecule has 4 heterocycles. The fourth-order valence-electron chi connectivity index (χ4n) is 3.90. The molecule has 0 unspecified atom stereocenters. The molecule has 0 aliphatic carbocycles. The van der Waals surface area contributed by atoms with Gasteiger partial charge in [-0.25, -0.2) is 4.98 Å². The summed E-state index contributed by atoms with van der Waals surface area (Å²) in [6, 6.07) is 0. The second kappa shape index (κ2) is 7.22. The molecule has 2 fully saturated rings. The summed E-state index contributed by atoms with van der Waals surface area (Å²) in [5.41, 5.74) is 1.46. The topological polar surface area (TPSA) is 23.8 Å². The first-order valence-electron chi connectivity index (χ1n) is 8.84. The SMILES string of the molecule is Clc1nc2c(Cl)c(N3CCCCC3)c(Cl)c(N3CCCCC3)n2c1Cl. The van der Waals surface area contributed by atoms with Crippen LogP contribution >= 0.6 is 46.4 Å². The van der Waals surface area contributed by atoms with Crippen LogP contribution in [0.5, 0.6) is 0 Å². The number of piperidine rings is 2. The van der Waals surface area contributed by atoms with Gasteiger partial charge in [-0.15, -0.1) is 0 Å². The number of pyridine rings is 1. The second-order valence-electron chi connectivity index (χ2n) is 6.75. The monoisotopic (exact) mass is 420 g/mol. The first-order valence-corrected chi connectivity index (χ1v) is 10.3. The normalized spacial score (nSPS) is 19.0. The Kier molecular flexibility index (Phi) is 5.16. The maximum absolute atomic E-state index is 6.92. The molecule has 0 saturated carbocycles. The summed E-state index contributed by atoms with van der Waals surface area (Å²) >= 11 is 26.3. The van der Waals surface area contributed by atoms with Gasteiger partial charge in [-0.3, -0.25) is 4.40 Å². The van der Waals surface area contributed by atoms with Gasteiger partial charge in [0.15, 0.2) is 16.0 Å². The summed E-state index contributed by atoms with van der Waals surface area (Å²) in [6.45, 7) is 3.80. The summed E-state index contributed by atoms with van der Waals surface area (Å²) in [6.07, 6.45) is 7.05. The number of aromatic nitrogens is 2. The molecule has 0 bridgehead atoms. The Morgan fingerprint density at radius 3 is 1.84 bits per heavy atom. The number of hydrogen-bond donors (Lipinski definition) is 0. The Bertz CT molecular complexity index is 792. The fraction of sp³-hybridized carbons (Fsp3) is 0.588. The molecule has 0 amide bonds. The molecule has 0 N–H and O–H groups in total. The molecule has 2 aromatic heterocycles. The van der Waals surface area contributed by atoms with Crippen LogP contribution in [0.4, 0.5) is 11.5 Å². The minimum atomic E-state index is 0.258. The molecule has 2 aliphatic heterocycles. The Balaban J connectivity index is 1.96. The van der Waals surface area contributed by atoms with E-state index in [2.05, 4.69) is 14.8 Å². The molecule has 0 atom stereocenters. The number of imidazole rings is 1. The zero-order valence-corrected chi connectivity index (χ0v) is 16.9. The van der Waals surface area contributed by atoms with Crippen molar-refractivity contribution >= 4 is 63.6 Å². The minimum Gasteiger partial charge on any atom is -0.369 e. The Morgan fingerprint density at radius 1 is 0.680 bits per heavy atom. The van der Waals surface area contributed by atoms with E-state index in [0.717, 1.165) is 63.4 Å². The number of fused-ring (bicyclic) bond motifs is 1. The van der Waals surface area contributed by atoms with Crippen molar-refractivity contribution in [2.24, 2.45) is 0 Å². The highest BCUT2D eigenvalue weighted by Gasteiger charge is 2.29. The van der Waals surface area contributed by atoms with Crippen LogP contribution in [0.25, 0.3) is 5.65 Å². The largest absolute Gasteiger partial charge is 0.369 e. The van der Waals surface area contributed by atoms with Crippen molar-refractivity contribution in [1.82, 2.24) is 9.38 Å². The van der Waals surface area contributed by atoms with E-state index in [1.807, 2.05) is 4.40 Å². The molecule has 0 aromatic carbocycles. The predicted molar refractivity (Wildman–Crippen MR) is 107 cm³/mol. The van der Waals surface area contributed by atoms with Crippen LogP contribution in [0.1, 0.15) is 38.5 Å². The maximum Gasteiger partial charge on any atom is 0.167 e. The van der Waals surface area contributed by atoms with Crippen LogP contribution in [0.15, 0.2) is 0 Å². The molecule has 2 aliphatic rings. The second-order valence-corrected chi connectivity index (χ2v) is 8.22. The van der Waals surface area contributed by atoms with Crippen LogP contribution < -0.4 is 9.80 Å². The van der Waals surface area contributed by atoms with Gasteiger partial charge in [-0.2, -0.15) is 0 Å². The summed E-state index contributed by atoms with van der Waals surface area (Å²) in [4.78, 5) is 8.98. The lowest BCUT2D eigenvalue weighted by atomic mass is 10.1. The van der Waals surface area contributed by atoms with Crippen LogP contribution in [-0.2, 0) is 0 Å². The maximum atomic E-state index is 6.92. The summed E-state index contributed by atoms with van der Waals surface area (Å²) in [7, 11) is 0. The van der Waals surface area contributed by atoms with E-state index in [1.165, 1.54) is 12.8 Å². The van der Waals surface area contributed by atoms with E-state index in [0.29, 0.717) is 20.8 Å². The predicted octanol–water partition coefficient (Wildman–Crippen LogP) is 5.93. The van der Waals surface area contributed by atoms with Crippen molar-refractivity contribution in [3.05, 3.63) is 20.4 Å². The third-order valence-corrected chi connectivity index (χ3v) is 6.53. The van der Waals surface area contributed by atoms with Crippen molar-refractivity contribution in [2.75, 3.05) is 36.0 Å². The fourth-order valence-corrected chi connectivity index (χ4v) is 5.08. The number of rotatable bonds is 2. The van der Waals surface area contributed by atoms with E-state index in [4.69, 9.17) is 46.4 Å². The van der Waals surface area contributed by atoms with Crippen LogP contribution in [-0.4, -0.2) is 35.6 Å². The molecule has 8 heteroatoms. The first-order chi connectivity index (χ1) is 12.1. The first kappa shape index (κ1) is 17.8. The quantitative estimate of drug-likeness (QED) is 0.600. The molecule has 0 spiro atoms. The summed E-state index contributed by atoms with van der Waals surface area (Å²) in [5, 5.41) is 1.80. The van der Waals surface area contributed by atoms with Gasteiger partial charge in [0.1, 0.15) is 15.9 Å². The van der Waals surface area contributed by atoms with Crippen LogP contribution in [0.3, 0.4) is 0 Å². The number of nitrogens with zero attached hydrogens (tertiary/aromatic N) is 4. The van der Waals surface area contributed by atoms with Crippen molar-refractivity contribution in [1.29, 1.82) is 0 Å². The summed E-state index contributed by atoms with van der Waals surface area (Å²) < 4.78 is 1.81. The van der Waals surface area contributed by atoms with E-state index < -0.39 is 0 Å². The number of anilines is 2. The van der Waals surface area contributed by atoms with Gasteiger partial charge in [0, 0.05) is 26.2 Å². The van der Waals surface area contributed by atoms with Gasteiger partial charge in [-0.05, 0) is 38.5 Å². The van der Waals surface area contributed by atoms with E-state index in [-0.39, 0.29) is 5.15 Å². The van der Waals surface area contributed by atoms with E-state index >= 15 is 0 Å². The average molecular weight is 422 g/mol. The lowest BCUT2D eigenvalue weighted by Gasteiger charge is -2.35. The van der Waals surface area contributed by atoms with Gasteiger partial charge >= 0.3 is 0 Å². The Morgan fingerprint density at radius 2 is 1.24 bits per heavy atom. The van der Waals surface area contributed by atoms with Crippen LogP contribution in [0.2, 0.25) is 20.4 Å². The molecule has 136 valence electrons. The lowest BCUT2D eigenvalue weighted by Crippen LogP contribution is -2.33. The van der Waals surface area contributed by atoms with Crippen molar-refractivity contribution in [3.8, 4) is 0 Å². The van der Waals surface area contributed by atoms with Crippen molar-refractivity contribution in [2.45, 2.75) is 38.5 Å². The molecule has 4 rings (SSSR count). The molecular weight excluding hydrogens is 402 g/mol. The molecular formula is C17H20Cl4N4. The third-order valence-electron chi connectivity index (χ3n) is 5.13. The smallest absolute Gasteiger partial charge is 0.167 e. The summed E-state index contributed by atoms with van der Waals surface area (Å²) in [5.74, 6) is 0.866. The molecule has 2 aromatic rings. The van der Waals surface area contributed by atoms with Gasteiger partial charge in [0.05, 0.1) is 5.69 Å². The molecule has 4 nitrogen and oxygen atoms in total. The van der Waals surface area contributed by atoms with Gasteiger partial charge in [-0.1, -0.05) is 46.4 Å². The number of halogens is 4. The lowest BCUT2D eigenvalue weighted by molar-refractivity contribution is 0.569. The molecule has 2 saturated heterocycles. The Labute approximate surface area is 167 Å². The highest BCUT2D eigenvalue weighted by Crippen LogP contribution is 2.46. The standard InChI is InChI=1S/C17H20Cl4N4/c18-11-13(23-7-3-1-4-8-23)12(19)17(24-9-5-2-6-10-24)25-15(21)14(20)22-16(11)25/h1-10H2. The highest BCUT2D eigenvalue weighted by atomic mass is 35.5. The molecule has 25 heavy (non-hydrogen) atoms. The Hall–Kier alpha value is -0.550. The zero-order chi connectivity index (χ0) is 17.6. The van der Waals surface area contributed by atoms with Gasteiger partial charge in [0.25, 0.3) is 0 Å². The van der Waals surface area contributed by atoms with E-state index in [9.17, 15) is 0 Å². The van der Waals surface area contributed by atoms with Gasteiger partial charge in [0.2, 0.25) is 0 Å². The number of hydrogen-bond acceptors (Lipinski definition) is 3. The zero-order valence-electron chi connectivity index (χ0n) is 13.9. The molecule has 0 radical (unpaired) electrons. The average Bonchev–Trinajstić information content (AvgIpc) is 2.93. The third kappa shape index (κ3) is 3.05.